The van der Waals surface area contributed by atoms with E-state index in [1.54, 1.807) is 13.1 Å². The van der Waals surface area contributed by atoms with Crippen molar-refractivity contribution in [2.45, 2.75) is 13.5 Å². The van der Waals surface area contributed by atoms with Gasteiger partial charge in [-0.1, -0.05) is 42.5 Å². The van der Waals surface area contributed by atoms with Gasteiger partial charge in [0.05, 0.1) is 4.92 Å². The Morgan fingerprint density at radius 3 is 2.46 bits per heavy atom. The fourth-order valence-corrected chi connectivity index (χ4v) is 2.37. The van der Waals surface area contributed by atoms with Gasteiger partial charge in [-0.25, -0.2) is 0 Å². The van der Waals surface area contributed by atoms with Crippen LogP contribution < -0.4 is 5.32 Å². The first-order valence-electron chi connectivity index (χ1n) is 7.90. The highest BCUT2D eigenvalue weighted by Gasteiger charge is 2.17. The number of rotatable bonds is 6. The van der Waals surface area contributed by atoms with Crippen LogP contribution in [0, 0.1) is 10.1 Å². The molecule has 0 unspecified atom stereocenters. The van der Waals surface area contributed by atoms with Crippen LogP contribution in [0.4, 0.5) is 5.69 Å². The molecule has 0 atom stereocenters. The number of non-ortho nitro benzene ring substituents is 1. The van der Waals surface area contributed by atoms with Crippen molar-refractivity contribution in [3.8, 4) is 0 Å². The fraction of sp³-hybridized carbons (Fsp3) is 0.158. The molecule has 2 aromatic carbocycles. The van der Waals surface area contributed by atoms with Crippen LogP contribution in [0.5, 0.6) is 0 Å². The summed E-state index contributed by atoms with van der Waals surface area (Å²) in [5, 5.41) is 13.4. The van der Waals surface area contributed by atoms with E-state index < -0.39 is 16.7 Å². The van der Waals surface area contributed by atoms with Gasteiger partial charge in [0.15, 0.2) is 0 Å². The van der Waals surface area contributed by atoms with Crippen LogP contribution in [-0.4, -0.2) is 28.7 Å². The summed E-state index contributed by atoms with van der Waals surface area (Å²) in [4.78, 5) is 36.0. The number of carbonyl (C=O) groups excluding carboxylic acids is 2. The van der Waals surface area contributed by atoms with Crippen LogP contribution >= 0.6 is 0 Å². The van der Waals surface area contributed by atoms with Gasteiger partial charge in [0.1, 0.15) is 5.70 Å². The van der Waals surface area contributed by atoms with Crippen LogP contribution in [0.2, 0.25) is 0 Å². The molecule has 0 radical (unpaired) electrons. The second-order valence-electron chi connectivity index (χ2n) is 5.74. The molecule has 7 nitrogen and oxygen atoms in total. The monoisotopic (exact) mass is 353 g/mol. The number of hydrogen-bond acceptors (Lipinski definition) is 4. The number of benzene rings is 2. The summed E-state index contributed by atoms with van der Waals surface area (Å²) in [7, 11) is 1.62. The maximum atomic E-state index is 12.7. The van der Waals surface area contributed by atoms with Crippen molar-refractivity contribution in [3.05, 3.63) is 81.5 Å². The third-order valence-corrected chi connectivity index (χ3v) is 3.54. The van der Waals surface area contributed by atoms with Gasteiger partial charge in [-0.3, -0.25) is 19.7 Å². The smallest absolute Gasteiger partial charge is 0.270 e. The molecule has 0 aliphatic heterocycles. The first-order chi connectivity index (χ1) is 12.4. The fourth-order valence-electron chi connectivity index (χ4n) is 2.37. The van der Waals surface area contributed by atoms with E-state index >= 15 is 0 Å². The van der Waals surface area contributed by atoms with E-state index in [1.807, 2.05) is 30.3 Å². The lowest BCUT2D eigenvalue weighted by molar-refractivity contribution is -0.384. The van der Waals surface area contributed by atoms with Crippen LogP contribution in [0.3, 0.4) is 0 Å². The third-order valence-electron chi connectivity index (χ3n) is 3.54. The van der Waals surface area contributed by atoms with E-state index in [0.29, 0.717) is 12.1 Å². The Bertz CT molecular complexity index is 847. The van der Waals surface area contributed by atoms with Crippen LogP contribution in [-0.2, 0) is 16.1 Å². The minimum absolute atomic E-state index is 0.0522. The molecule has 0 aliphatic carbocycles. The van der Waals surface area contributed by atoms with Gasteiger partial charge in [0.2, 0.25) is 5.91 Å². The Morgan fingerprint density at radius 1 is 1.15 bits per heavy atom. The summed E-state index contributed by atoms with van der Waals surface area (Å²) >= 11 is 0. The van der Waals surface area contributed by atoms with Gasteiger partial charge >= 0.3 is 0 Å². The second kappa shape index (κ2) is 8.57. The number of nitrogens with zero attached hydrogens (tertiary/aromatic N) is 2. The molecule has 0 saturated heterocycles. The topological polar surface area (TPSA) is 92.5 Å². The van der Waals surface area contributed by atoms with E-state index in [0.717, 1.165) is 5.56 Å². The molecule has 0 aliphatic rings. The predicted octanol–water partition coefficient (Wildman–Crippen LogP) is 2.73. The summed E-state index contributed by atoms with van der Waals surface area (Å²) in [5.41, 5.74) is 1.35. The van der Waals surface area contributed by atoms with E-state index in [2.05, 4.69) is 5.32 Å². The van der Waals surface area contributed by atoms with Gasteiger partial charge in [-0.2, -0.15) is 0 Å². The Hall–Kier alpha value is -3.48. The Balaban J connectivity index is 2.28. The van der Waals surface area contributed by atoms with Gasteiger partial charge < -0.3 is 10.2 Å². The summed E-state index contributed by atoms with van der Waals surface area (Å²) < 4.78 is 0. The van der Waals surface area contributed by atoms with Crippen LogP contribution in [0.1, 0.15) is 18.1 Å². The number of carbonyl (C=O) groups is 2. The van der Waals surface area contributed by atoms with Crippen molar-refractivity contribution in [1.82, 2.24) is 10.2 Å². The molecular formula is C19H19N3O4. The Kier molecular flexibility index (Phi) is 6.21. The van der Waals surface area contributed by atoms with Crippen molar-refractivity contribution >= 4 is 23.6 Å². The number of nitrogens with one attached hydrogen (secondary N) is 1. The number of nitro groups is 1. The first-order valence-corrected chi connectivity index (χ1v) is 7.90. The molecule has 134 valence electrons. The maximum Gasteiger partial charge on any atom is 0.270 e. The van der Waals surface area contributed by atoms with Crippen molar-refractivity contribution in [2.24, 2.45) is 0 Å². The number of amides is 2. The van der Waals surface area contributed by atoms with Crippen molar-refractivity contribution in [2.75, 3.05) is 7.05 Å². The minimum atomic E-state index is -0.515. The zero-order valence-corrected chi connectivity index (χ0v) is 14.5. The molecule has 0 aromatic heterocycles. The lowest BCUT2D eigenvalue weighted by Crippen LogP contribution is -2.35. The standard InChI is InChI=1S/C19H19N3O4/c1-14(23)20-18(12-16-9-6-10-17(11-16)22(25)26)19(24)21(2)13-15-7-4-3-5-8-15/h3-12H,13H2,1-2H3,(H,20,23)/b18-12+. The molecule has 7 heteroatoms. The van der Waals surface area contributed by atoms with Crippen molar-refractivity contribution in [1.29, 1.82) is 0 Å². The predicted molar refractivity (Wildman–Crippen MR) is 97.8 cm³/mol. The maximum absolute atomic E-state index is 12.7. The average Bonchev–Trinajstić information content (AvgIpc) is 2.61. The van der Waals surface area contributed by atoms with E-state index in [9.17, 15) is 19.7 Å². The molecule has 2 aromatic rings. The highest BCUT2D eigenvalue weighted by atomic mass is 16.6. The SMILES string of the molecule is CC(=O)N/C(=C/c1cccc([N+](=O)[O-])c1)C(=O)N(C)Cc1ccccc1. The lowest BCUT2D eigenvalue weighted by atomic mass is 10.1. The summed E-state index contributed by atoms with van der Waals surface area (Å²) in [6.07, 6.45) is 1.43. The number of nitro benzene ring substituents is 1. The highest BCUT2D eigenvalue weighted by molar-refractivity contribution is 6.00. The van der Waals surface area contributed by atoms with Crippen molar-refractivity contribution < 1.29 is 14.5 Å². The Labute approximate surface area is 151 Å². The molecule has 2 rings (SSSR count). The summed E-state index contributed by atoms with van der Waals surface area (Å²) in [5.74, 6) is -0.793. The molecule has 1 N–H and O–H groups in total. The Morgan fingerprint density at radius 2 is 1.85 bits per heavy atom. The van der Waals surface area contributed by atoms with Gasteiger partial charge in [0, 0.05) is 32.6 Å². The van der Waals surface area contributed by atoms with E-state index in [1.165, 1.54) is 36.1 Å². The zero-order chi connectivity index (χ0) is 19.1. The van der Waals surface area contributed by atoms with Crippen LogP contribution in [0.15, 0.2) is 60.3 Å². The quantitative estimate of drug-likeness (QED) is 0.491. The molecule has 0 saturated carbocycles. The molecule has 0 heterocycles. The van der Waals surface area contributed by atoms with Crippen LogP contribution in [0.25, 0.3) is 6.08 Å². The molecule has 0 spiro atoms. The van der Waals surface area contributed by atoms with Gasteiger partial charge in [-0.15, -0.1) is 0 Å². The molecule has 2 amide bonds. The minimum Gasteiger partial charge on any atom is -0.336 e. The highest BCUT2D eigenvalue weighted by Crippen LogP contribution is 2.16. The summed E-state index contributed by atoms with van der Waals surface area (Å²) in [6.45, 7) is 1.66. The first kappa shape index (κ1) is 18.9. The number of likely N-dealkylation sites (N-methyl/N-ethyl adjacent to an activating group) is 1. The van der Waals surface area contributed by atoms with Gasteiger partial charge in [-0.05, 0) is 17.2 Å². The third kappa shape index (κ3) is 5.27. The molecule has 0 bridgehead atoms. The molecule has 26 heavy (non-hydrogen) atoms. The lowest BCUT2D eigenvalue weighted by Gasteiger charge is -2.19. The van der Waals surface area contributed by atoms with E-state index in [4.69, 9.17) is 0 Å². The molecular weight excluding hydrogens is 334 g/mol. The van der Waals surface area contributed by atoms with Gasteiger partial charge in [0.25, 0.3) is 11.6 Å². The average molecular weight is 353 g/mol. The largest absolute Gasteiger partial charge is 0.336 e. The second-order valence-corrected chi connectivity index (χ2v) is 5.74. The molecule has 0 fully saturated rings. The van der Waals surface area contributed by atoms with E-state index in [-0.39, 0.29) is 11.4 Å². The summed E-state index contributed by atoms with van der Waals surface area (Å²) in [6, 6.07) is 15.3. The van der Waals surface area contributed by atoms with Crippen molar-refractivity contribution in [3.63, 3.8) is 0 Å². The normalized spacial score (nSPS) is 10.9. The number of hydrogen-bond donors (Lipinski definition) is 1. The zero-order valence-electron chi connectivity index (χ0n) is 14.5.